The van der Waals surface area contributed by atoms with Crippen molar-refractivity contribution in [1.29, 1.82) is 0 Å². The molecule has 1 heterocycles. The molecule has 0 spiro atoms. The zero-order valence-corrected chi connectivity index (χ0v) is 12.3. The second kappa shape index (κ2) is 6.16. The number of rotatable bonds is 6. The summed E-state index contributed by atoms with van der Waals surface area (Å²) in [5, 5.41) is 3.36. The maximum Gasteiger partial charge on any atom is 0.151 e. The molecule has 1 atom stereocenters. The first kappa shape index (κ1) is 14.9. The van der Waals surface area contributed by atoms with Crippen molar-refractivity contribution in [1.82, 2.24) is 10.2 Å². The van der Waals surface area contributed by atoms with Crippen molar-refractivity contribution >= 4 is 9.84 Å². The molecule has 0 aliphatic carbocycles. The molecule has 1 aliphatic heterocycles. The molecule has 5 heteroatoms. The molecule has 1 fully saturated rings. The minimum Gasteiger partial charge on any atom is -0.312 e. The van der Waals surface area contributed by atoms with Crippen molar-refractivity contribution < 1.29 is 8.42 Å². The molecule has 0 radical (unpaired) electrons. The van der Waals surface area contributed by atoms with Crippen LogP contribution in [0.4, 0.5) is 0 Å². The van der Waals surface area contributed by atoms with Crippen LogP contribution in [-0.2, 0) is 9.84 Å². The molecule has 0 saturated carbocycles. The molecular weight excluding hydrogens is 236 g/mol. The molecule has 4 nitrogen and oxygen atoms in total. The summed E-state index contributed by atoms with van der Waals surface area (Å²) in [6, 6.07) is 1.23. The van der Waals surface area contributed by atoms with Crippen molar-refractivity contribution in [2.75, 3.05) is 24.6 Å². The molecule has 1 unspecified atom stereocenters. The molecule has 1 saturated heterocycles. The first-order valence-corrected chi connectivity index (χ1v) is 8.33. The first-order valence-electron chi connectivity index (χ1n) is 6.51. The number of sulfone groups is 1. The molecule has 0 aromatic rings. The van der Waals surface area contributed by atoms with Gasteiger partial charge in [-0.05, 0) is 34.1 Å². The van der Waals surface area contributed by atoms with Crippen molar-refractivity contribution in [2.24, 2.45) is 0 Å². The van der Waals surface area contributed by atoms with Crippen molar-refractivity contribution in [3.63, 3.8) is 0 Å². The molecule has 0 amide bonds. The Morgan fingerprint density at radius 1 is 1.24 bits per heavy atom. The van der Waals surface area contributed by atoms with Crippen LogP contribution in [0.5, 0.6) is 0 Å². The van der Waals surface area contributed by atoms with Gasteiger partial charge >= 0.3 is 0 Å². The highest BCUT2D eigenvalue weighted by atomic mass is 32.2. The minimum atomic E-state index is -2.75. The lowest BCUT2D eigenvalue weighted by Crippen LogP contribution is -2.43. The maximum atomic E-state index is 11.3. The summed E-state index contributed by atoms with van der Waals surface area (Å²) in [4.78, 5) is 2.41. The van der Waals surface area contributed by atoms with E-state index in [4.69, 9.17) is 0 Å². The second-order valence-corrected chi connectivity index (χ2v) is 7.71. The Labute approximate surface area is 106 Å². The van der Waals surface area contributed by atoms with Gasteiger partial charge in [-0.25, -0.2) is 8.42 Å². The highest BCUT2D eigenvalue weighted by Gasteiger charge is 2.27. The third-order valence-corrected chi connectivity index (χ3v) is 5.13. The highest BCUT2D eigenvalue weighted by molar-refractivity contribution is 7.91. The molecular formula is C12H26N2O2S. The van der Waals surface area contributed by atoms with Gasteiger partial charge in [0.25, 0.3) is 0 Å². The smallest absolute Gasteiger partial charge is 0.151 e. The van der Waals surface area contributed by atoms with Gasteiger partial charge in [-0.2, -0.15) is 0 Å². The Balaban J connectivity index is 2.28. The van der Waals surface area contributed by atoms with E-state index in [-0.39, 0.29) is 6.04 Å². The van der Waals surface area contributed by atoms with E-state index < -0.39 is 9.84 Å². The van der Waals surface area contributed by atoms with E-state index in [1.807, 2.05) is 0 Å². The Kier molecular flexibility index (Phi) is 5.41. The van der Waals surface area contributed by atoms with Gasteiger partial charge in [0, 0.05) is 31.2 Å². The average Bonchev–Trinajstić information content (AvgIpc) is 2.51. The van der Waals surface area contributed by atoms with Gasteiger partial charge in [-0.3, -0.25) is 4.90 Å². The summed E-state index contributed by atoms with van der Waals surface area (Å²) >= 11 is 0. The summed E-state index contributed by atoms with van der Waals surface area (Å²) in [5.41, 5.74) is 0. The SMILES string of the molecule is CC(C)N(CCNC1CCS(=O)(=O)C1)C(C)C. The van der Waals surface area contributed by atoms with E-state index >= 15 is 0 Å². The van der Waals surface area contributed by atoms with Crippen LogP contribution >= 0.6 is 0 Å². The number of hydrogen-bond acceptors (Lipinski definition) is 4. The van der Waals surface area contributed by atoms with Crippen molar-refractivity contribution in [2.45, 2.75) is 52.2 Å². The first-order chi connectivity index (χ1) is 7.82. The van der Waals surface area contributed by atoms with Gasteiger partial charge in [0.2, 0.25) is 0 Å². The largest absolute Gasteiger partial charge is 0.312 e. The Bertz CT molecular complexity index is 317. The summed E-state index contributed by atoms with van der Waals surface area (Å²) in [6.07, 6.45) is 0.770. The second-order valence-electron chi connectivity index (χ2n) is 5.48. The highest BCUT2D eigenvalue weighted by Crippen LogP contribution is 2.11. The fourth-order valence-electron chi connectivity index (χ4n) is 2.47. The lowest BCUT2D eigenvalue weighted by molar-refractivity contribution is 0.174. The van der Waals surface area contributed by atoms with E-state index in [0.717, 1.165) is 19.5 Å². The van der Waals surface area contributed by atoms with Crippen LogP contribution in [0, 0.1) is 0 Å². The standard InChI is InChI=1S/C12H26N2O2S/c1-10(2)14(11(3)4)7-6-13-12-5-8-17(15,16)9-12/h10-13H,5-9H2,1-4H3. The maximum absolute atomic E-state index is 11.3. The summed E-state index contributed by atoms with van der Waals surface area (Å²) < 4.78 is 22.6. The van der Waals surface area contributed by atoms with Gasteiger partial charge in [0.05, 0.1) is 11.5 Å². The van der Waals surface area contributed by atoms with Crippen LogP contribution in [0.15, 0.2) is 0 Å². The zero-order valence-electron chi connectivity index (χ0n) is 11.4. The summed E-state index contributed by atoms with van der Waals surface area (Å²) in [7, 11) is -2.75. The predicted octanol–water partition coefficient (Wildman–Crippen LogP) is 0.882. The van der Waals surface area contributed by atoms with Crippen LogP contribution in [0.2, 0.25) is 0 Å². The lowest BCUT2D eigenvalue weighted by atomic mass is 10.2. The third kappa shape index (κ3) is 4.94. The fourth-order valence-corrected chi connectivity index (χ4v) is 4.17. The van der Waals surface area contributed by atoms with E-state index in [1.54, 1.807) is 0 Å². The van der Waals surface area contributed by atoms with E-state index in [2.05, 4.69) is 37.9 Å². The van der Waals surface area contributed by atoms with Crippen molar-refractivity contribution in [3.05, 3.63) is 0 Å². The van der Waals surface area contributed by atoms with Gasteiger partial charge < -0.3 is 5.32 Å². The van der Waals surface area contributed by atoms with Gasteiger partial charge in [-0.1, -0.05) is 0 Å². The van der Waals surface area contributed by atoms with Crippen LogP contribution in [0.1, 0.15) is 34.1 Å². The number of hydrogen-bond donors (Lipinski definition) is 1. The summed E-state index contributed by atoms with van der Waals surface area (Å²) in [5.74, 6) is 0.666. The van der Waals surface area contributed by atoms with Crippen molar-refractivity contribution in [3.8, 4) is 0 Å². The monoisotopic (exact) mass is 262 g/mol. The quantitative estimate of drug-likeness (QED) is 0.772. The molecule has 1 N–H and O–H groups in total. The Hall–Kier alpha value is -0.130. The Morgan fingerprint density at radius 2 is 1.82 bits per heavy atom. The Morgan fingerprint density at radius 3 is 2.24 bits per heavy atom. The molecule has 0 aromatic carbocycles. The molecule has 0 aromatic heterocycles. The van der Waals surface area contributed by atoms with E-state index in [9.17, 15) is 8.42 Å². The molecule has 0 bridgehead atoms. The average molecular weight is 262 g/mol. The summed E-state index contributed by atoms with van der Waals surface area (Å²) in [6.45, 7) is 10.6. The van der Waals surface area contributed by atoms with Gasteiger partial charge in [0.1, 0.15) is 0 Å². The fraction of sp³-hybridized carbons (Fsp3) is 1.00. The number of nitrogens with one attached hydrogen (secondary N) is 1. The van der Waals surface area contributed by atoms with Crippen LogP contribution in [-0.4, -0.2) is 56.0 Å². The lowest BCUT2D eigenvalue weighted by Gasteiger charge is -2.30. The zero-order chi connectivity index (χ0) is 13.1. The molecule has 17 heavy (non-hydrogen) atoms. The minimum absolute atomic E-state index is 0.168. The van der Waals surface area contributed by atoms with E-state index in [1.165, 1.54) is 0 Å². The van der Waals surface area contributed by atoms with E-state index in [0.29, 0.717) is 23.6 Å². The topological polar surface area (TPSA) is 49.4 Å². The normalized spacial score (nSPS) is 24.1. The predicted molar refractivity (Wildman–Crippen MR) is 72.0 cm³/mol. The van der Waals surface area contributed by atoms with Crippen LogP contribution in [0.3, 0.4) is 0 Å². The third-order valence-electron chi connectivity index (χ3n) is 3.36. The molecule has 1 rings (SSSR count). The van der Waals surface area contributed by atoms with Crippen LogP contribution in [0.25, 0.3) is 0 Å². The van der Waals surface area contributed by atoms with Gasteiger partial charge in [-0.15, -0.1) is 0 Å². The molecule has 1 aliphatic rings. The molecule has 102 valence electrons. The van der Waals surface area contributed by atoms with Gasteiger partial charge in [0.15, 0.2) is 9.84 Å². The van der Waals surface area contributed by atoms with Crippen LogP contribution < -0.4 is 5.32 Å². The number of nitrogens with zero attached hydrogens (tertiary/aromatic N) is 1.